The topological polar surface area (TPSA) is 39.3 Å². The van der Waals surface area contributed by atoms with Crippen LogP contribution in [0.2, 0.25) is 10.0 Å². The molecule has 0 spiro atoms. The molecule has 0 aliphatic rings. The van der Waals surface area contributed by atoms with Gasteiger partial charge >= 0.3 is 0 Å². The first-order valence-electron chi connectivity index (χ1n) is 10.0. The number of rotatable bonds is 3. The first kappa shape index (κ1) is 19.6. The minimum absolute atomic E-state index is 0.0512. The summed E-state index contributed by atoms with van der Waals surface area (Å²) < 4.78 is 4.46. The van der Waals surface area contributed by atoms with E-state index < -0.39 is 0 Å². The van der Waals surface area contributed by atoms with Crippen molar-refractivity contribution < 1.29 is 0 Å². The van der Waals surface area contributed by atoms with E-state index in [1.807, 2.05) is 66.9 Å². The normalized spacial score (nSPS) is 12.5. The maximum absolute atomic E-state index is 13.2. The second-order valence-electron chi connectivity index (χ2n) is 7.56. The number of aromatic nitrogens is 3. The summed E-state index contributed by atoms with van der Waals surface area (Å²) in [6, 6.07) is 21.3. The van der Waals surface area contributed by atoms with E-state index >= 15 is 0 Å². The molecule has 0 saturated carbocycles. The minimum Gasteiger partial charge on any atom is -0.342 e. The quantitative estimate of drug-likeness (QED) is 0.326. The van der Waals surface area contributed by atoms with Crippen molar-refractivity contribution in [2.45, 2.75) is 6.54 Å². The molecule has 0 amide bonds. The van der Waals surface area contributed by atoms with E-state index in [1.54, 1.807) is 4.40 Å². The minimum atomic E-state index is -0.0512. The summed E-state index contributed by atoms with van der Waals surface area (Å²) in [6.07, 6.45) is 3.99. The highest BCUT2D eigenvalue weighted by Gasteiger charge is 2.13. The Morgan fingerprint density at radius 1 is 0.906 bits per heavy atom. The number of halogens is 2. The van der Waals surface area contributed by atoms with Crippen LogP contribution in [0.25, 0.3) is 33.0 Å². The van der Waals surface area contributed by atoms with Crippen LogP contribution in [0.5, 0.6) is 0 Å². The van der Waals surface area contributed by atoms with Gasteiger partial charge in [-0.3, -0.25) is 4.79 Å². The molecule has 6 aromatic rings. The standard InChI is InChI=1S/C25H15Cl2N3OS/c26-18-7-5-8-19(27)17(18)14-29-13-15(16-6-1-3-10-21(16)29)12-23-24(31)30-22-11-4-2-9-20(22)28-25(30)32-23/h1-13H,14H2/b23-12-. The molecular weight excluding hydrogens is 461 g/mol. The molecule has 0 aliphatic carbocycles. The molecule has 3 aromatic carbocycles. The molecule has 0 aliphatic heterocycles. The number of fused-ring (bicyclic) bond motifs is 4. The third-order valence-corrected chi connectivity index (χ3v) is 7.32. The van der Waals surface area contributed by atoms with Gasteiger partial charge in [-0.25, -0.2) is 9.38 Å². The Labute approximate surface area is 196 Å². The van der Waals surface area contributed by atoms with Crippen LogP contribution in [0.1, 0.15) is 11.1 Å². The molecule has 0 N–H and O–H groups in total. The Kier molecular flexibility index (Phi) is 4.57. The Balaban J connectivity index is 1.54. The highest BCUT2D eigenvalue weighted by molar-refractivity contribution is 7.15. The fourth-order valence-corrected chi connectivity index (χ4v) is 5.62. The van der Waals surface area contributed by atoms with Gasteiger partial charge in [0.05, 0.1) is 22.1 Å². The molecule has 0 bridgehead atoms. The fraction of sp³-hybridized carbons (Fsp3) is 0.0400. The number of hydrogen-bond donors (Lipinski definition) is 0. The van der Waals surface area contributed by atoms with Gasteiger partial charge in [0, 0.05) is 38.3 Å². The van der Waals surface area contributed by atoms with Crippen LogP contribution in [-0.4, -0.2) is 14.0 Å². The molecule has 3 heterocycles. The summed E-state index contributed by atoms with van der Waals surface area (Å²) in [4.78, 5) is 18.5. The number of nitrogens with zero attached hydrogens (tertiary/aromatic N) is 3. The molecule has 0 radical (unpaired) electrons. The SMILES string of the molecule is O=c1/c(=C/c2cn(Cc3c(Cl)cccc3Cl)c3ccccc23)sc2nc3ccccc3n12. The van der Waals surface area contributed by atoms with Crippen LogP contribution in [-0.2, 0) is 6.54 Å². The van der Waals surface area contributed by atoms with Crippen LogP contribution in [0, 0.1) is 0 Å². The second-order valence-corrected chi connectivity index (χ2v) is 9.39. The molecule has 0 saturated heterocycles. The zero-order chi connectivity index (χ0) is 21.8. The lowest BCUT2D eigenvalue weighted by atomic mass is 10.2. The lowest BCUT2D eigenvalue weighted by Gasteiger charge is -2.09. The molecule has 0 fully saturated rings. The molecule has 0 atom stereocenters. The van der Waals surface area contributed by atoms with Gasteiger partial charge in [-0.2, -0.15) is 0 Å². The van der Waals surface area contributed by atoms with Crippen LogP contribution < -0.4 is 10.1 Å². The van der Waals surface area contributed by atoms with Crippen LogP contribution in [0.4, 0.5) is 0 Å². The smallest absolute Gasteiger partial charge is 0.274 e. The second kappa shape index (κ2) is 7.48. The van der Waals surface area contributed by atoms with E-state index in [2.05, 4.69) is 21.7 Å². The Morgan fingerprint density at radius 2 is 1.62 bits per heavy atom. The molecule has 7 heteroatoms. The molecule has 3 aromatic heterocycles. The van der Waals surface area contributed by atoms with Gasteiger partial charge in [0.2, 0.25) is 0 Å². The summed E-state index contributed by atoms with van der Waals surface area (Å²) in [5.74, 6) is 0. The van der Waals surface area contributed by atoms with Gasteiger partial charge in [0.1, 0.15) is 0 Å². The van der Waals surface area contributed by atoms with E-state index in [-0.39, 0.29) is 5.56 Å². The van der Waals surface area contributed by atoms with Gasteiger partial charge in [-0.05, 0) is 36.4 Å². The average Bonchev–Trinajstić information content (AvgIpc) is 3.43. The van der Waals surface area contributed by atoms with Gasteiger partial charge in [0.25, 0.3) is 5.56 Å². The van der Waals surface area contributed by atoms with E-state index in [0.717, 1.165) is 33.1 Å². The largest absolute Gasteiger partial charge is 0.342 e. The molecule has 156 valence electrons. The summed E-state index contributed by atoms with van der Waals surface area (Å²) >= 11 is 14.2. The van der Waals surface area contributed by atoms with Crippen molar-refractivity contribution in [2.75, 3.05) is 0 Å². The number of para-hydroxylation sites is 3. The molecule has 4 nitrogen and oxygen atoms in total. The predicted molar refractivity (Wildman–Crippen MR) is 133 cm³/mol. The van der Waals surface area contributed by atoms with Crippen LogP contribution in [0.15, 0.2) is 77.7 Å². The first-order valence-corrected chi connectivity index (χ1v) is 11.6. The summed E-state index contributed by atoms with van der Waals surface area (Å²) in [6.45, 7) is 0.537. The average molecular weight is 476 g/mol. The summed E-state index contributed by atoms with van der Waals surface area (Å²) in [5.41, 5.74) is 4.50. The predicted octanol–water partition coefficient (Wildman–Crippen LogP) is 5.77. The third-order valence-electron chi connectivity index (χ3n) is 5.64. The Hall–Kier alpha value is -3.12. The third kappa shape index (κ3) is 3.05. The van der Waals surface area contributed by atoms with Crippen molar-refractivity contribution in [3.8, 4) is 0 Å². The maximum Gasteiger partial charge on any atom is 0.274 e. The summed E-state index contributed by atoms with van der Waals surface area (Å²) in [7, 11) is 0. The van der Waals surface area contributed by atoms with Crippen molar-refractivity contribution in [1.82, 2.24) is 14.0 Å². The fourth-order valence-electron chi connectivity index (χ4n) is 4.13. The number of hydrogen-bond acceptors (Lipinski definition) is 3. The lowest BCUT2D eigenvalue weighted by molar-refractivity contribution is 0.836. The van der Waals surface area contributed by atoms with Gasteiger partial charge in [0.15, 0.2) is 4.96 Å². The monoisotopic (exact) mass is 475 g/mol. The Bertz CT molecular complexity index is 1740. The van der Waals surface area contributed by atoms with Crippen molar-refractivity contribution in [2.24, 2.45) is 0 Å². The highest BCUT2D eigenvalue weighted by atomic mass is 35.5. The lowest BCUT2D eigenvalue weighted by Crippen LogP contribution is -2.22. The van der Waals surface area contributed by atoms with Gasteiger partial charge in [-0.1, -0.05) is 70.9 Å². The van der Waals surface area contributed by atoms with E-state index in [1.165, 1.54) is 11.3 Å². The van der Waals surface area contributed by atoms with Crippen LogP contribution in [0.3, 0.4) is 0 Å². The van der Waals surface area contributed by atoms with Crippen molar-refractivity contribution in [3.05, 3.63) is 109 Å². The van der Waals surface area contributed by atoms with E-state index in [4.69, 9.17) is 23.2 Å². The molecule has 6 rings (SSSR count). The number of imidazole rings is 1. The molecule has 0 unspecified atom stereocenters. The van der Waals surface area contributed by atoms with Crippen molar-refractivity contribution in [1.29, 1.82) is 0 Å². The Morgan fingerprint density at radius 3 is 2.44 bits per heavy atom. The first-order chi connectivity index (χ1) is 15.6. The maximum atomic E-state index is 13.2. The number of thiazole rings is 1. The zero-order valence-corrected chi connectivity index (χ0v) is 19.0. The molecular formula is C25H15Cl2N3OS. The van der Waals surface area contributed by atoms with E-state index in [0.29, 0.717) is 26.1 Å². The van der Waals surface area contributed by atoms with Gasteiger partial charge in [-0.15, -0.1) is 0 Å². The van der Waals surface area contributed by atoms with Crippen molar-refractivity contribution in [3.63, 3.8) is 0 Å². The zero-order valence-electron chi connectivity index (χ0n) is 16.6. The highest BCUT2D eigenvalue weighted by Crippen LogP contribution is 2.29. The van der Waals surface area contributed by atoms with Gasteiger partial charge < -0.3 is 4.57 Å². The molecule has 32 heavy (non-hydrogen) atoms. The van der Waals surface area contributed by atoms with Crippen molar-refractivity contribution >= 4 is 67.5 Å². The van der Waals surface area contributed by atoms with E-state index in [9.17, 15) is 4.79 Å². The number of benzene rings is 3. The summed E-state index contributed by atoms with van der Waals surface area (Å²) in [5, 5.41) is 2.33. The van der Waals surface area contributed by atoms with Crippen LogP contribution >= 0.6 is 34.5 Å².